The second-order valence-corrected chi connectivity index (χ2v) is 28.6. The van der Waals surface area contributed by atoms with Crippen LogP contribution in [0.1, 0.15) is 28.8 Å². The molecule has 0 bridgehead atoms. The molecule has 1 aliphatic heterocycles. The smallest absolute Gasteiger partial charge is 0.220 e. The first kappa shape index (κ1) is 26.6. The zero-order valence-electron chi connectivity index (χ0n) is 22.9. The van der Waals surface area contributed by atoms with Crippen molar-refractivity contribution < 1.29 is 4.43 Å². The van der Waals surface area contributed by atoms with Gasteiger partial charge in [0.2, 0.25) is 8.32 Å². The van der Waals surface area contributed by atoms with Gasteiger partial charge in [-0.05, 0) is 61.4 Å². The summed E-state index contributed by atoms with van der Waals surface area (Å²) in [7, 11) is 3.43. The fraction of sp³-hybridized carbons (Fsp3) is 0.556. The van der Waals surface area contributed by atoms with Crippen LogP contribution in [-0.2, 0) is 11.0 Å². The molecule has 0 fully saturated rings. The van der Waals surface area contributed by atoms with E-state index in [0.29, 0.717) is 4.79 Å². The highest BCUT2D eigenvalue weighted by Gasteiger charge is 2.58. The van der Waals surface area contributed by atoms with E-state index >= 15 is 0 Å². The number of fused-ring (bicyclic) bond motifs is 1. The van der Waals surface area contributed by atoms with Crippen LogP contribution in [0.2, 0.25) is 50.6 Å². The quantitative estimate of drug-likeness (QED) is 0.433. The third-order valence-corrected chi connectivity index (χ3v) is 27.7. The van der Waals surface area contributed by atoms with Crippen molar-refractivity contribution in [1.29, 1.82) is 0 Å². The maximum absolute atomic E-state index is 7.65. The lowest BCUT2D eigenvalue weighted by Crippen LogP contribution is -2.69. The molecule has 3 rings (SSSR count). The molecule has 1 aliphatic rings. The van der Waals surface area contributed by atoms with Gasteiger partial charge in [0.25, 0.3) is 0 Å². The molecule has 0 amide bonds. The van der Waals surface area contributed by atoms with E-state index < -0.39 is 24.5 Å². The first-order valence-electron chi connectivity index (χ1n) is 12.3. The maximum atomic E-state index is 7.65. The average Bonchev–Trinajstić information content (AvgIpc) is 2.65. The third kappa shape index (κ3) is 5.31. The Bertz CT molecular complexity index is 936. The molecule has 6 heteroatoms. The molecule has 1 heterocycles. The van der Waals surface area contributed by atoms with Crippen LogP contribution in [0.25, 0.3) is 0 Å². The van der Waals surface area contributed by atoms with Crippen molar-refractivity contribution in [3.63, 3.8) is 0 Å². The van der Waals surface area contributed by atoms with Gasteiger partial charge in [0.15, 0.2) is 0 Å². The Hall–Kier alpha value is -1.03. The fourth-order valence-electron chi connectivity index (χ4n) is 7.10. The Morgan fingerprint density at radius 3 is 1.91 bits per heavy atom. The molecule has 0 spiro atoms. The van der Waals surface area contributed by atoms with Gasteiger partial charge >= 0.3 is 0 Å². The van der Waals surface area contributed by atoms with E-state index in [1.54, 1.807) is 5.19 Å². The second-order valence-electron chi connectivity index (χ2n) is 12.7. The summed E-state index contributed by atoms with van der Waals surface area (Å²) in [4.78, 5) is 5.41. The Kier molecular flexibility index (Phi) is 7.69. The van der Waals surface area contributed by atoms with Gasteiger partial charge in [-0.15, -0.1) is 0 Å². The number of benzene rings is 2. The summed E-state index contributed by atoms with van der Waals surface area (Å²) in [6.45, 7) is 19.1. The first-order valence-corrected chi connectivity index (χ1v) is 22.0. The largest absolute Gasteiger partial charge is 0.404 e. The molecule has 2 aromatic rings. The van der Waals surface area contributed by atoms with Crippen LogP contribution in [0.4, 0.5) is 0 Å². The van der Waals surface area contributed by atoms with Gasteiger partial charge in [0.1, 0.15) is 0 Å². The molecule has 2 aromatic carbocycles. The van der Waals surface area contributed by atoms with Crippen LogP contribution < -0.4 is 5.19 Å². The van der Waals surface area contributed by atoms with E-state index in [4.69, 9.17) is 4.43 Å². The van der Waals surface area contributed by atoms with Crippen molar-refractivity contribution in [1.82, 2.24) is 9.80 Å². The summed E-state index contributed by atoms with van der Waals surface area (Å²) in [5.74, 6) is 0. The molecular weight excluding hydrogens is 453 g/mol. The standard InChI is InChI=1S/C27H46N2OSi3/c1-28(2)20-22-18-15-19-23-24(29(3)4)25(21-16-13-12-14-17-21)30-33(11,26(22)23)27(31(5,6)7)32(8,9)10/h12-19,24-25,27H,20H2,1-11H3. The van der Waals surface area contributed by atoms with Crippen molar-refractivity contribution in [3.8, 4) is 0 Å². The summed E-state index contributed by atoms with van der Waals surface area (Å²) in [5.41, 5.74) is 4.30. The summed E-state index contributed by atoms with van der Waals surface area (Å²) in [6.07, 6.45) is 0.0650. The average molecular weight is 499 g/mol. The number of rotatable bonds is 7. The summed E-state index contributed by atoms with van der Waals surface area (Å²) in [6, 6.07) is 18.3. The summed E-state index contributed by atoms with van der Waals surface area (Å²) >= 11 is 0. The molecule has 33 heavy (non-hydrogen) atoms. The third-order valence-electron chi connectivity index (χ3n) is 7.11. The molecule has 0 radical (unpaired) electrons. The lowest BCUT2D eigenvalue weighted by molar-refractivity contribution is 0.0836. The molecule has 0 saturated heterocycles. The lowest BCUT2D eigenvalue weighted by atomic mass is 9.93. The Morgan fingerprint density at radius 1 is 0.848 bits per heavy atom. The number of hydrogen-bond donors (Lipinski definition) is 0. The van der Waals surface area contributed by atoms with Gasteiger partial charge in [0.05, 0.1) is 12.1 Å². The number of hydrogen-bond acceptors (Lipinski definition) is 3. The van der Waals surface area contributed by atoms with E-state index in [9.17, 15) is 0 Å². The Labute approximate surface area is 206 Å². The highest BCUT2D eigenvalue weighted by Crippen LogP contribution is 2.49. The molecule has 3 unspecified atom stereocenters. The van der Waals surface area contributed by atoms with Crippen molar-refractivity contribution in [2.75, 3.05) is 28.2 Å². The van der Waals surface area contributed by atoms with Crippen LogP contribution in [0, 0.1) is 0 Å². The molecule has 182 valence electrons. The van der Waals surface area contributed by atoms with Crippen molar-refractivity contribution in [3.05, 3.63) is 65.2 Å². The molecule has 0 saturated carbocycles. The number of likely N-dealkylation sites (N-methyl/N-ethyl adjacent to an activating group) is 1. The van der Waals surface area contributed by atoms with Gasteiger partial charge in [0, 0.05) is 22.7 Å². The fourth-order valence-corrected chi connectivity index (χ4v) is 34.9. The van der Waals surface area contributed by atoms with Crippen LogP contribution in [0.15, 0.2) is 48.5 Å². The molecule has 0 N–H and O–H groups in total. The summed E-state index contributed by atoms with van der Waals surface area (Å²) < 4.78 is 7.65. The normalized spacial score (nSPS) is 23.9. The van der Waals surface area contributed by atoms with Gasteiger partial charge < -0.3 is 9.33 Å². The molecule has 0 aromatic heterocycles. The molecule has 3 nitrogen and oxygen atoms in total. The zero-order chi connectivity index (χ0) is 24.8. The highest BCUT2D eigenvalue weighted by molar-refractivity contribution is 7.15. The first-order chi connectivity index (χ1) is 15.2. The Balaban J connectivity index is 2.39. The van der Waals surface area contributed by atoms with Gasteiger partial charge in [-0.2, -0.15) is 0 Å². The van der Waals surface area contributed by atoms with Crippen molar-refractivity contribution >= 4 is 29.7 Å². The lowest BCUT2D eigenvalue weighted by Gasteiger charge is -2.55. The van der Waals surface area contributed by atoms with Crippen LogP contribution >= 0.6 is 0 Å². The molecule has 3 atom stereocenters. The van der Waals surface area contributed by atoms with Crippen LogP contribution in [0.5, 0.6) is 0 Å². The highest BCUT2D eigenvalue weighted by atomic mass is 28.5. The topological polar surface area (TPSA) is 15.7 Å². The van der Waals surface area contributed by atoms with Gasteiger partial charge in [-0.1, -0.05) is 87.8 Å². The predicted molar refractivity (Wildman–Crippen MR) is 152 cm³/mol. The predicted octanol–water partition coefficient (Wildman–Crippen LogP) is 6.03. The van der Waals surface area contributed by atoms with Crippen molar-refractivity contribution in [2.24, 2.45) is 0 Å². The second kappa shape index (κ2) is 9.55. The molecular formula is C27H46N2OSi3. The van der Waals surface area contributed by atoms with E-state index in [-0.39, 0.29) is 12.1 Å². The monoisotopic (exact) mass is 498 g/mol. The van der Waals surface area contributed by atoms with Crippen LogP contribution in [-0.4, -0.2) is 62.5 Å². The van der Waals surface area contributed by atoms with Gasteiger partial charge in [-0.25, -0.2) is 0 Å². The molecule has 0 aliphatic carbocycles. The minimum atomic E-state index is -2.33. The number of nitrogens with zero attached hydrogens (tertiary/aromatic N) is 2. The van der Waals surface area contributed by atoms with Crippen LogP contribution in [0.3, 0.4) is 0 Å². The Morgan fingerprint density at radius 2 is 1.42 bits per heavy atom. The van der Waals surface area contributed by atoms with E-state index in [1.807, 2.05) is 0 Å². The van der Waals surface area contributed by atoms with E-state index in [1.165, 1.54) is 16.7 Å². The van der Waals surface area contributed by atoms with E-state index in [0.717, 1.165) is 6.54 Å². The maximum Gasteiger partial charge on any atom is 0.220 e. The summed E-state index contributed by atoms with van der Waals surface area (Å²) in [5, 5.41) is 1.60. The minimum absolute atomic E-state index is 0.0650. The SMILES string of the molecule is CN(C)Cc1cccc2c1[Si](C)(C([Si](C)(C)C)[Si](C)(C)C)OC(c1ccccc1)C2N(C)C. The van der Waals surface area contributed by atoms with Gasteiger partial charge in [-0.3, -0.25) is 4.90 Å². The van der Waals surface area contributed by atoms with Crippen molar-refractivity contribution in [2.45, 2.75) is 69.3 Å². The minimum Gasteiger partial charge on any atom is -0.404 e. The zero-order valence-corrected chi connectivity index (χ0v) is 25.9. The van der Waals surface area contributed by atoms with E-state index in [2.05, 4.69) is 132 Å².